The molecule has 1 aliphatic rings. The molecule has 0 amide bonds. The third-order valence-corrected chi connectivity index (χ3v) is 6.72. The summed E-state index contributed by atoms with van der Waals surface area (Å²) in [4.78, 5) is 12.0. The van der Waals surface area contributed by atoms with Crippen molar-refractivity contribution in [1.82, 2.24) is 4.31 Å². The van der Waals surface area contributed by atoms with Crippen LogP contribution in [0.15, 0.2) is 47.4 Å². The predicted octanol–water partition coefficient (Wildman–Crippen LogP) is 2.98. The number of carbonyl (C=O) groups excluding carboxylic acids is 1. The van der Waals surface area contributed by atoms with E-state index in [2.05, 4.69) is 0 Å². The Bertz CT molecular complexity index is 1060. The van der Waals surface area contributed by atoms with Crippen molar-refractivity contribution in [2.24, 2.45) is 5.92 Å². The number of ether oxygens (including phenoxy) is 1. The van der Waals surface area contributed by atoms with Crippen LogP contribution in [0.1, 0.15) is 24.0 Å². The van der Waals surface area contributed by atoms with Crippen molar-refractivity contribution in [3.8, 4) is 6.07 Å². The monoisotopic (exact) mass is 420 g/mol. The molecule has 1 fully saturated rings. The van der Waals surface area contributed by atoms with E-state index in [1.165, 1.54) is 0 Å². The molecule has 0 aliphatic carbocycles. The van der Waals surface area contributed by atoms with Crippen molar-refractivity contribution < 1.29 is 26.7 Å². The minimum atomic E-state index is -3.98. The van der Waals surface area contributed by atoms with E-state index in [-0.39, 0.29) is 37.4 Å². The van der Waals surface area contributed by atoms with Gasteiger partial charge in [-0.1, -0.05) is 18.2 Å². The Kier molecular flexibility index (Phi) is 6.25. The molecule has 0 N–H and O–H groups in total. The van der Waals surface area contributed by atoms with Gasteiger partial charge in [-0.2, -0.15) is 9.57 Å². The summed E-state index contributed by atoms with van der Waals surface area (Å²) >= 11 is 0. The molecule has 3 rings (SSSR count). The number of sulfonamides is 1. The van der Waals surface area contributed by atoms with Gasteiger partial charge >= 0.3 is 5.97 Å². The van der Waals surface area contributed by atoms with E-state index >= 15 is 0 Å². The fourth-order valence-corrected chi connectivity index (χ4v) is 4.62. The number of rotatable bonds is 5. The summed E-state index contributed by atoms with van der Waals surface area (Å²) < 4.78 is 58.1. The highest BCUT2D eigenvalue weighted by atomic mass is 32.2. The second-order valence-corrected chi connectivity index (χ2v) is 8.57. The Morgan fingerprint density at radius 2 is 1.83 bits per heavy atom. The minimum Gasteiger partial charge on any atom is -0.461 e. The second kappa shape index (κ2) is 8.68. The molecule has 2 aromatic carbocycles. The van der Waals surface area contributed by atoms with Gasteiger partial charge in [0.25, 0.3) is 0 Å². The largest absolute Gasteiger partial charge is 0.461 e. The first-order valence-electron chi connectivity index (χ1n) is 8.93. The maximum atomic E-state index is 13.4. The van der Waals surface area contributed by atoms with Crippen molar-refractivity contribution in [3.05, 3.63) is 65.2 Å². The molecule has 1 aliphatic heterocycles. The van der Waals surface area contributed by atoms with Gasteiger partial charge in [-0.05, 0) is 37.1 Å². The molecule has 9 heteroatoms. The van der Waals surface area contributed by atoms with Crippen molar-refractivity contribution in [2.45, 2.75) is 24.3 Å². The Balaban J connectivity index is 1.59. The summed E-state index contributed by atoms with van der Waals surface area (Å²) in [6.45, 7) is 0.0989. The Morgan fingerprint density at radius 3 is 2.48 bits per heavy atom. The van der Waals surface area contributed by atoms with Crippen LogP contribution in [0.5, 0.6) is 0 Å². The third-order valence-electron chi connectivity index (χ3n) is 4.82. The summed E-state index contributed by atoms with van der Waals surface area (Å²) in [7, 11) is -3.98. The normalized spacial score (nSPS) is 15.6. The Hall–Kier alpha value is -2.83. The first kappa shape index (κ1) is 20.9. The fourth-order valence-electron chi connectivity index (χ4n) is 3.14. The smallest absolute Gasteiger partial charge is 0.309 e. The topological polar surface area (TPSA) is 87.5 Å². The van der Waals surface area contributed by atoms with E-state index in [0.29, 0.717) is 17.2 Å². The number of nitrogens with zero attached hydrogens (tertiary/aromatic N) is 2. The van der Waals surface area contributed by atoms with Crippen molar-refractivity contribution >= 4 is 16.0 Å². The highest BCUT2D eigenvalue weighted by Gasteiger charge is 2.33. The molecule has 1 saturated heterocycles. The lowest BCUT2D eigenvalue weighted by Crippen LogP contribution is -2.40. The molecule has 152 valence electrons. The lowest BCUT2D eigenvalue weighted by Gasteiger charge is -2.30. The van der Waals surface area contributed by atoms with Gasteiger partial charge in [-0.15, -0.1) is 0 Å². The number of hydrogen-bond acceptors (Lipinski definition) is 5. The van der Waals surface area contributed by atoms with Crippen LogP contribution in [0.3, 0.4) is 0 Å². The second-order valence-electron chi connectivity index (χ2n) is 6.63. The molecule has 0 saturated carbocycles. The van der Waals surface area contributed by atoms with Crippen molar-refractivity contribution in [1.29, 1.82) is 5.26 Å². The summed E-state index contributed by atoms with van der Waals surface area (Å²) in [5.74, 6) is -3.28. The zero-order valence-corrected chi connectivity index (χ0v) is 16.2. The highest BCUT2D eigenvalue weighted by molar-refractivity contribution is 7.89. The molecular weight excluding hydrogens is 402 g/mol. The highest BCUT2D eigenvalue weighted by Crippen LogP contribution is 2.26. The quantitative estimate of drug-likeness (QED) is 0.694. The van der Waals surface area contributed by atoms with E-state index in [4.69, 9.17) is 10.00 Å². The minimum absolute atomic E-state index is 0.0318. The summed E-state index contributed by atoms with van der Waals surface area (Å²) in [5.41, 5.74) is 1.02. The average molecular weight is 420 g/mol. The maximum absolute atomic E-state index is 13.4. The van der Waals surface area contributed by atoms with Gasteiger partial charge in [0.1, 0.15) is 6.61 Å². The summed E-state index contributed by atoms with van der Waals surface area (Å²) in [6.07, 6.45) is 0.503. The maximum Gasteiger partial charge on any atom is 0.309 e. The van der Waals surface area contributed by atoms with E-state index in [1.54, 1.807) is 24.3 Å². The van der Waals surface area contributed by atoms with Crippen LogP contribution in [-0.2, 0) is 26.2 Å². The standard InChI is InChI=1S/C20H18F2N2O4S/c21-18-6-5-17(11-19(18)22)29(26,27)24-9-7-14(8-10-24)20(25)28-13-16-4-2-1-3-15(16)12-23/h1-6,11,14H,7-10,13H2. The average Bonchev–Trinajstić information content (AvgIpc) is 2.74. The molecule has 0 unspecified atom stereocenters. The van der Waals surface area contributed by atoms with Gasteiger partial charge in [-0.3, -0.25) is 4.79 Å². The SMILES string of the molecule is N#Cc1ccccc1COC(=O)C1CCN(S(=O)(=O)c2ccc(F)c(F)c2)CC1. The van der Waals surface area contributed by atoms with E-state index < -0.39 is 33.5 Å². The van der Waals surface area contributed by atoms with Crippen LogP contribution < -0.4 is 0 Å². The Morgan fingerprint density at radius 1 is 1.14 bits per heavy atom. The lowest BCUT2D eigenvalue weighted by atomic mass is 9.98. The van der Waals surface area contributed by atoms with Gasteiger partial charge in [0.15, 0.2) is 11.6 Å². The van der Waals surface area contributed by atoms with E-state index in [0.717, 1.165) is 16.4 Å². The first-order valence-corrected chi connectivity index (χ1v) is 10.4. The van der Waals surface area contributed by atoms with Crippen molar-refractivity contribution in [2.75, 3.05) is 13.1 Å². The molecule has 1 heterocycles. The van der Waals surface area contributed by atoms with Crippen LogP contribution >= 0.6 is 0 Å². The molecule has 2 aromatic rings. The molecule has 0 radical (unpaired) electrons. The number of nitriles is 1. The zero-order valence-electron chi connectivity index (χ0n) is 15.3. The van der Waals surface area contributed by atoms with Crippen LogP contribution in [0.25, 0.3) is 0 Å². The van der Waals surface area contributed by atoms with Gasteiger partial charge < -0.3 is 4.74 Å². The van der Waals surface area contributed by atoms with Crippen molar-refractivity contribution in [3.63, 3.8) is 0 Å². The number of piperidine rings is 1. The zero-order chi connectivity index (χ0) is 21.0. The van der Waals surface area contributed by atoms with Gasteiger partial charge in [0.2, 0.25) is 10.0 Å². The van der Waals surface area contributed by atoms with E-state index in [9.17, 15) is 22.0 Å². The molecular formula is C20H18F2N2O4S. The van der Waals surface area contributed by atoms with Crippen LogP contribution in [0.2, 0.25) is 0 Å². The van der Waals surface area contributed by atoms with Crippen LogP contribution in [-0.4, -0.2) is 31.8 Å². The molecule has 0 aromatic heterocycles. The number of halogens is 2. The molecule has 29 heavy (non-hydrogen) atoms. The number of carbonyl (C=O) groups is 1. The van der Waals surface area contributed by atoms with Gasteiger partial charge in [-0.25, -0.2) is 17.2 Å². The number of benzene rings is 2. The molecule has 0 atom stereocenters. The first-order chi connectivity index (χ1) is 13.8. The van der Waals surface area contributed by atoms with Gasteiger partial charge in [0.05, 0.1) is 22.4 Å². The number of esters is 1. The fraction of sp³-hybridized carbons (Fsp3) is 0.300. The lowest BCUT2D eigenvalue weighted by molar-refractivity contribution is -0.151. The predicted molar refractivity (Wildman–Crippen MR) is 98.8 cm³/mol. The van der Waals surface area contributed by atoms with Crippen LogP contribution in [0, 0.1) is 28.9 Å². The molecule has 0 bridgehead atoms. The van der Waals surface area contributed by atoms with Crippen LogP contribution in [0.4, 0.5) is 8.78 Å². The molecule has 6 nitrogen and oxygen atoms in total. The molecule has 0 spiro atoms. The summed E-state index contributed by atoms with van der Waals surface area (Å²) in [5, 5.41) is 9.07. The third kappa shape index (κ3) is 4.60. The summed E-state index contributed by atoms with van der Waals surface area (Å²) in [6, 6.07) is 11.2. The number of hydrogen-bond donors (Lipinski definition) is 0. The van der Waals surface area contributed by atoms with Gasteiger partial charge in [0, 0.05) is 18.7 Å². The van der Waals surface area contributed by atoms with E-state index in [1.807, 2.05) is 6.07 Å². The Labute approximate surface area is 167 Å².